The van der Waals surface area contributed by atoms with Crippen molar-refractivity contribution in [1.82, 2.24) is 9.97 Å². The van der Waals surface area contributed by atoms with Crippen LogP contribution in [0.15, 0.2) is 12.4 Å². The summed E-state index contributed by atoms with van der Waals surface area (Å²) in [5.74, 6) is 1.78. The minimum atomic E-state index is 0.299. The van der Waals surface area contributed by atoms with E-state index in [9.17, 15) is 0 Å². The molecule has 0 saturated carbocycles. The number of nitrogens with one attached hydrogen (secondary N) is 1. The zero-order chi connectivity index (χ0) is 12.8. The van der Waals surface area contributed by atoms with Crippen molar-refractivity contribution >= 4 is 11.6 Å². The van der Waals surface area contributed by atoms with E-state index in [4.69, 9.17) is 5.26 Å². The van der Waals surface area contributed by atoms with E-state index >= 15 is 0 Å². The second-order valence-corrected chi connectivity index (χ2v) is 4.50. The summed E-state index contributed by atoms with van der Waals surface area (Å²) in [6, 6.07) is 4.55. The van der Waals surface area contributed by atoms with Gasteiger partial charge in [0.05, 0.1) is 12.5 Å². The van der Waals surface area contributed by atoms with Crippen molar-refractivity contribution in [3.8, 4) is 6.07 Å². The lowest BCUT2D eigenvalue weighted by Crippen LogP contribution is -2.39. The molecule has 1 aromatic rings. The van der Waals surface area contributed by atoms with Crippen molar-refractivity contribution in [2.24, 2.45) is 0 Å². The summed E-state index contributed by atoms with van der Waals surface area (Å²) >= 11 is 0. The van der Waals surface area contributed by atoms with Crippen LogP contribution >= 0.6 is 0 Å². The van der Waals surface area contributed by atoms with E-state index in [0.717, 1.165) is 31.1 Å². The van der Waals surface area contributed by atoms with Gasteiger partial charge in [-0.15, -0.1) is 0 Å². The topological polar surface area (TPSA) is 64.8 Å². The maximum absolute atomic E-state index is 8.90. The first kappa shape index (κ1) is 12.6. The van der Waals surface area contributed by atoms with Crippen molar-refractivity contribution in [2.45, 2.75) is 38.6 Å². The highest BCUT2D eigenvalue weighted by Gasteiger charge is 2.23. The normalized spacial score (nSPS) is 19.3. The van der Waals surface area contributed by atoms with Gasteiger partial charge in [0.25, 0.3) is 0 Å². The van der Waals surface area contributed by atoms with Gasteiger partial charge >= 0.3 is 0 Å². The van der Waals surface area contributed by atoms with E-state index in [-0.39, 0.29) is 0 Å². The number of nitriles is 1. The zero-order valence-corrected chi connectivity index (χ0v) is 10.8. The predicted molar refractivity (Wildman–Crippen MR) is 71.4 cm³/mol. The average molecular weight is 245 g/mol. The van der Waals surface area contributed by atoms with Gasteiger partial charge in [-0.1, -0.05) is 0 Å². The molecule has 96 valence electrons. The number of hydrogen-bond donors (Lipinski definition) is 1. The Morgan fingerprint density at radius 2 is 2.39 bits per heavy atom. The standard InChI is InChI=1S/C13H19N5/c1-2-15-12-9-13(17-10-16-12)18-8-4-3-5-11(18)6-7-14/h9-11H,2-6,8H2,1H3,(H,15,16,17). The third-order valence-corrected chi connectivity index (χ3v) is 3.26. The predicted octanol–water partition coefficient (Wildman–Crippen LogP) is 2.18. The van der Waals surface area contributed by atoms with Gasteiger partial charge in [-0.05, 0) is 26.2 Å². The molecule has 1 aliphatic heterocycles. The molecule has 1 aromatic heterocycles. The first-order valence-corrected chi connectivity index (χ1v) is 6.54. The number of nitrogens with zero attached hydrogens (tertiary/aromatic N) is 4. The fourth-order valence-corrected chi connectivity index (χ4v) is 2.40. The second-order valence-electron chi connectivity index (χ2n) is 4.50. The monoisotopic (exact) mass is 245 g/mol. The molecule has 1 atom stereocenters. The Hall–Kier alpha value is -1.83. The molecule has 1 aliphatic rings. The van der Waals surface area contributed by atoms with Gasteiger partial charge in [0.1, 0.15) is 18.0 Å². The Labute approximate surface area is 108 Å². The van der Waals surface area contributed by atoms with Crippen molar-refractivity contribution < 1.29 is 0 Å². The number of hydrogen-bond acceptors (Lipinski definition) is 5. The molecule has 18 heavy (non-hydrogen) atoms. The van der Waals surface area contributed by atoms with Crippen molar-refractivity contribution in [1.29, 1.82) is 5.26 Å². The van der Waals surface area contributed by atoms with Gasteiger partial charge < -0.3 is 10.2 Å². The molecular weight excluding hydrogens is 226 g/mol. The Bertz CT molecular complexity index is 426. The van der Waals surface area contributed by atoms with E-state index < -0.39 is 0 Å². The molecule has 5 nitrogen and oxygen atoms in total. The molecule has 5 heteroatoms. The van der Waals surface area contributed by atoms with Gasteiger partial charge in [0, 0.05) is 25.2 Å². The van der Waals surface area contributed by atoms with Gasteiger partial charge in [-0.2, -0.15) is 5.26 Å². The number of anilines is 2. The fraction of sp³-hybridized carbons (Fsp3) is 0.615. The van der Waals surface area contributed by atoms with Crippen LogP contribution in [0.5, 0.6) is 0 Å². The number of rotatable bonds is 4. The van der Waals surface area contributed by atoms with E-state index in [1.54, 1.807) is 6.33 Å². The Balaban J connectivity index is 2.17. The van der Waals surface area contributed by atoms with Crippen LogP contribution in [0.3, 0.4) is 0 Å². The zero-order valence-electron chi connectivity index (χ0n) is 10.8. The summed E-state index contributed by atoms with van der Waals surface area (Å²) in [6.45, 7) is 3.87. The summed E-state index contributed by atoms with van der Waals surface area (Å²) in [5.41, 5.74) is 0. The van der Waals surface area contributed by atoms with Crippen molar-refractivity contribution in [2.75, 3.05) is 23.3 Å². The number of aromatic nitrogens is 2. The lowest BCUT2D eigenvalue weighted by molar-refractivity contribution is 0.461. The molecule has 1 unspecified atom stereocenters. The minimum absolute atomic E-state index is 0.299. The van der Waals surface area contributed by atoms with Crippen LogP contribution in [-0.2, 0) is 0 Å². The first-order chi connectivity index (χ1) is 8.85. The van der Waals surface area contributed by atoms with Crippen LogP contribution in [0.1, 0.15) is 32.6 Å². The summed E-state index contributed by atoms with van der Waals surface area (Å²) in [7, 11) is 0. The Morgan fingerprint density at radius 1 is 1.50 bits per heavy atom. The average Bonchev–Trinajstić information content (AvgIpc) is 2.40. The molecule has 1 N–H and O–H groups in total. The third kappa shape index (κ3) is 2.89. The highest BCUT2D eigenvalue weighted by Crippen LogP contribution is 2.25. The van der Waals surface area contributed by atoms with Crippen molar-refractivity contribution in [3.05, 3.63) is 12.4 Å². The highest BCUT2D eigenvalue weighted by atomic mass is 15.2. The van der Waals surface area contributed by atoms with Crippen LogP contribution in [0, 0.1) is 11.3 Å². The molecule has 2 heterocycles. The molecule has 1 saturated heterocycles. The van der Waals surface area contributed by atoms with Crippen LogP contribution in [-0.4, -0.2) is 29.1 Å². The van der Waals surface area contributed by atoms with E-state index in [1.807, 2.05) is 13.0 Å². The summed E-state index contributed by atoms with van der Waals surface area (Å²) in [6.07, 6.45) is 5.61. The molecule has 0 aliphatic carbocycles. The maximum Gasteiger partial charge on any atom is 0.134 e. The Morgan fingerprint density at radius 3 is 3.17 bits per heavy atom. The molecule has 0 spiro atoms. The molecule has 0 bridgehead atoms. The van der Waals surface area contributed by atoms with Crippen molar-refractivity contribution in [3.63, 3.8) is 0 Å². The van der Waals surface area contributed by atoms with E-state index in [0.29, 0.717) is 12.5 Å². The largest absolute Gasteiger partial charge is 0.370 e. The molecule has 0 radical (unpaired) electrons. The van der Waals surface area contributed by atoms with Gasteiger partial charge in [0.15, 0.2) is 0 Å². The second kappa shape index (κ2) is 6.20. The van der Waals surface area contributed by atoms with E-state index in [1.165, 1.54) is 12.8 Å². The Kier molecular flexibility index (Phi) is 4.35. The quantitative estimate of drug-likeness (QED) is 0.880. The summed E-state index contributed by atoms with van der Waals surface area (Å²) in [5, 5.41) is 12.1. The maximum atomic E-state index is 8.90. The number of piperidine rings is 1. The molecule has 0 amide bonds. The van der Waals surface area contributed by atoms with Crippen LogP contribution < -0.4 is 10.2 Å². The highest BCUT2D eigenvalue weighted by molar-refractivity contribution is 5.49. The van der Waals surface area contributed by atoms with E-state index in [2.05, 4.69) is 26.3 Å². The van der Waals surface area contributed by atoms with Gasteiger partial charge in [-0.3, -0.25) is 0 Å². The fourth-order valence-electron chi connectivity index (χ4n) is 2.40. The van der Waals surface area contributed by atoms with Crippen LogP contribution in [0.2, 0.25) is 0 Å². The lowest BCUT2D eigenvalue weighted by atomic mass is 10.00. The smallest absolute Gasteiger partial charge is 0.134 e. The molecule has 1 fully saturated rings. The molecular formula is C13H19N5. The third-order valence-electron chi connectivity index (χ3n) is 3.26. The minimum Gasteiger partial charge on any atom is -0.370 e. The first-order valence-electron chi connectivity index (χ1n) is 6.54. The SMILES string of the molecule is CCNc1cc(N2CCCCC2CC#N)ncn1. The molecule has 2 rings (SSSR count). The van der Waals surface area contributed by atoms with Gasteiger partial charge in [-0.25, -0.2) is 9.97 Å². The lowest BCUT2D eigenvalue weighted by Gasteiger charge is -2.35. The summed E-state index contributed by atoms with van der Waals surface area (Å²) < 4.78 is 0. The molecule has 0 aromatic carbocycles. The van der Waals surface area contributed by atoms with Crippen LogP contribution in [0.4, 0.5) is 11.6 Å². The van der Waals surface area contributed by atoms with Gasteiger partial charge in [0.2, 0.25) is 0 Å². The van der Waals surface area contributed by atoms with Crippen LogP contribution in [0.25, 0.3) is 0 Å². The summed E-state index contributed by atoms with van der Waals surface area (Å²) in [4.78, 5) is 10.8.